The highest BCUT2D eigenvalue weighted by molar-refractivity contribution is 5.85. The summed E-state index contributed by atoms with van der Waals surface area (Å²) in [6.07, 6.45) is 2.05. The number of nitrogens with one attached hydrogen (secondary N) is 3. The zero-order valence-corrected chi connectivity index (χ0v) is 28.8. The van der Waals surface area contributed by atoms with Crippen molar-refractivity contribution in [2.24, 2.45) is 5.92 Å². The predicted octanol–water partition coefficient (Wildman–Crippen LogP) is 4.82. The van der Waals surface area contributed by atoms with E-state index in [-0.39, 0.29) is 24.7 Å². The fourth-order valence-electron chi connectivity index (χ4n) is 4.31. The smallest absolute Gasteiger partial charge is 0.408 e. The highest BCUT2D eigenvalue weighted by Gasteiger charge is 2.29. The summed E-state index contributed by atoms with van der Waals surface area (Å²) in [6, 6.07) is 5.66. The van der Waals surface area contributed by atoms with Gasteiger partial charge >= 0.3 is 12.1 Å². The van der Waals surface area contributed by atoms with Crippen molar-refractivity contribution in [2.75, 3.05) is 13.2 Å². The van der Waals surface area contributed by atoms with E-state index in [0.717, 1.165) is 18.4 Å². The van der Waals surface area contributed by atoms with Crippen LogP contribution in [-0.4, -0.2) is 71.5 Å². The van der Waals surface area contributed by atoms with Gasteiger partial charge in [0.15, 0.2) is 0 Å². The molecule has 4 atom stereocenters. The maximum absolute atomic E-state index is 13.1. The largest absolute Gasteiger partial charge is 0.494 e. The summed E-state index contributed by atoms with van der Waals surface area (Å²) in [4.78, 5) is 49.8. The molecule has 0 fully saturated rings. The number of aliphatic hydroxyl groups excluding tert-OH is 1. The minimum atomic E-state index is -1.05. The van der Waals surface area contributed by atoms with E-state index in [1.54, 1.807) is 27.7 Å². The fourth-order valence-corrected chi connectivity index (χ4v) is 4.31. The molecule has 0 aliphatic carbocycles. The van der Waals surface area contributed by atoms with Crippen molar-refractivity contribution < 1.29 is 38.5 Å². The van der Waals surface area contributed by atoms with E-state index in [4.69, 9.17) is 14.2 Å². The first-order chi connectivity index (χ1) is 20.9. The maximum atomic E-state index is 13.1. The van der Waals surface area contributed by atoms with Crippen LogP contribution in [0.5, 0.6) is 5.75 Å². The van der Waals surface area contributed by atoms with Gasteiger partial charge in [-0.15, -0.1) is 0 Å². The molecule has 1 rings (SSSR count). The molecule has 11 nitrogen and oxygen atoms in total. The standard InChI is InChI=1S/C34H57N3O8/c1-10-11-18-35-30(40)23(2)20-28(38)27(37-31(41)24(3)36-32(42)45-34(7,8)9)22-25-15-14-16-26(21-25)43-19-13-12-17-29(39)44-33(4,5)6/h14-16,21,23-24,27-28,38H,10-13,17-20,22H2,1-9H3,(H,35,40)(H,36,42)(H,37,41)/t23-,24+,27+,28+/m1/s1. The molecule has 0 radical (unpaired) electrons. The van der Waals surface area contributed by atoms with Crippen molar-refractivity contribution in [3.8, 4) is 5.75 Å². The third-order valence-electron chi connectivity index (χ3n) is 6.61. The summed E-state index contributed by atoms with van der Waals surface area (Å²) >= 11 is 0. The van der Waals surface area contributed by atoms with Crippen molar-refractivity contribution in [1.82, 2.24) is 16.0 Å². The van der Waals surface area contributed by atoms with E-state index in [1.807, 2.05) is 52.0 Å². The number of rotatable bonds is 18. The lowest BCUT2D eigenvalue weighted by Gasteiger charge is -2.28. The number of alkyl carbamates (subject to hydrolysis) is 1. The summed E-state index contributed by atoms with van der Waals surface area (Å²) in [6.45, 7) is 17.0. The summed E-state index contributed by atoms with van der Waals surface area (Å²) in [5.74, 6) is -0.756. The van der Waals surface area contributed by atoms with Gasteiger partial charge in [-0.25, -0.2) is 4.79 Å². The third kappa shape index (κ3) is 18.3. The van der Waals surface area contributed by atoms with Crippen LogP contribution < -0.4 is 20.7 Å². The second-order valence-electron chi connectivity index (χ2n) is 13.6. The van der Waals surface area contributed by atoms with E-state index < -0.39 is 47.3 Å². The second kappa shape index (κ2) is 19.2. The number of unbranched alkanes of at least 4 members (excludes halogenated alkanes) is 2. The van der Waals surface area contributed by atoms with Crippen LogP contribution in [0.15, 0.2) is 24.3 Å². The number of hydrogen-bond acceptors (Lipinski definition) is 8. The Balaban J connectivity index is 2.91. The molecule has 0 unspecified atom stereocenters. The Bertz CT molecular complexity index is 1080. The molecule has 0 saturated heterocycles. The van der Waals surface area contributed by atoms with Gasteiger partial charge in [0, 0.05) is 18.9 Å². The number of amides is 3. The number of carbonyl (C=O) groups excluding carboxylic acids is 4. The van der Waals surface area contributed by atoms with Gasteiger partial charge in [-0.05, 0) is 98.3 Å². The van der Waals surface area contributed by atoms with Crippen LogP contribution in [0.25, 0.3) is 0 Å². The van der Waals surface area contributed by atoms with Gasteiger partial charge < -0.3 is 35.3 Å². The van der Waals surface area contributed by atoms with Gasteiger partial charge in [-0.3, -0.25) is 14.4 Å². The van der Waals surface area contributed by atoms with Gasteiger partial charge in [0.1, 0.15) is 23.0 Å². The first-order valence-corrected chi connectivity index (χ1v) is 16.1. The van der Waals surface area contributed by atoms with Crippen molar-refractivity contribution >= 4 is 23.9 Å². The summed E-state index contributed by atoms with van der Waals surface area (Å²) < 4.78 is 16.5. The van der Waals surface area contributed by atoms with Crippen LogP contribution >= 0.6 is 0 Å². The lowest BCUT2D eigenvalue weighted by Crippen LogP contribution is -2.53. The van der Waals surface area contributed by atoms with Gasteiger partial charge in [0.25, 0.3) is 0 Å². The van der Waals surface area contributed by atoms with E-state index >= 15 is 0 Å². The van der Waals surface area contributed by atoms with Gasteiger partial charge in [0.2, 0.25) is 11.8 Å². The molecule has 1 aromatic carbocycles. The van der Waals surface area contributed by atoms with Crippen LogP contribution in [0, 0.1) is 5.92 Å². The normalized spacial score (nSPS) is 14.4. The number of hydrogen-bond donors (Lipinski definition) is 4. The molecule has 0 aromatic heterocycles. The zero-order chi connectivity index (χ0) is 34.2. The molecule has 256 valence electrons. The lowest BCUT2D eigenvalue weighted by atomic mass is 9.93. The number of carbonyl (C=O) groups is 4. The van der Waals surface area contributed by atoms with E-state index in [0.29, 0.717) is 38.2 Å². The van der Waals surface area contributed by atoms with Gasteiger partial charge in [-0.1, -0.05) is 32.4 Å². The fraction of sp³-hybridized carbons (Fsp3) is 0.706. The lowest BCUT2D eigenvalue weighted by molar-refractivity contribution is -0.155. The van der Waals surface area contributed by atoms with Crippen molar-refractivity contribution in [3.05, 3.63) is 29.8 Å². The number of benzene rings is 1. The van der Waals surface area contributed by atoms with Crippen molar-refractivity contribution in [1.29, 1.82) is 0 Å². The van der Waals surface area contributed by atoms with Crippen molar-refractivity contribution in [2.45, 2.75) is 137 Å². The third-order valence-corrected chi connectivity index (χ3v) is 6.61. The molecule has 0 heterocycles. The first-order valence-electron chi connectivity index (χ1n) is 16.1. The quantitative estimate of drug-likeness (QED) is 0.132. The van der Waals surface area contributed by atoms with E-state index in [2.05, 4.69) is 16.0 Å². The SMILES string of the molecule is CCCCNC(=O)[C@H](C)C[C@H](O)[C@H](Cc1cccc(OCCCCC(=O)OC(C)(C)C)c1)NC(=O)[C@H](C)NC(=O)OC(C)(C)C. The molecule has 0 spiro atoms. The Morgan fingerprint density at radius 2 is 1.56 bits per heavy atom. The summed E-state index contributed by atoms with van der Waals surface area (Å²) in [5.41, 5.74) is -0.429. The van der Waals surface area contributed by atoms with Gasteiger partial charge in [-0.2, -0.15) is 0 Å². The Morgan fingerprint density at radius 1 is 0.889 bits per heavy atom. The Kier molecular flexibility index (Phi) is 17.0. The van der Waals surface area contributed by atoms with E-state index in [1.165, 1.54) is 6.92 Å². The Morgan fingerprint density at radius 3 is 2.18 bits per heavy atom. The zero-order valence-electron chi connectivity index (χ0n) is 28.8. The summed E-state index contributed by atoms with van der Waals surface area (Å²) in [7, 11) is 0. The highest BCUT2D eigenvalue weighted by atomic mass is 16.6. The topological polar surface area (TPSA) is 152 Å². The van der Waals surface area contributed by atoms with Crippen LogP contribution in [0.2, 0.25) is 0 Å². The average molecular weight is 636 g/mol. The average Bonchev–Trinajstić information content (AvgIpc) is 2.90. The molecule has 4 N–H and O–H groups in total. The molecule has 0 bridgehead atoms. The first kappa shape index (κ1) is 39.7. The minimum Gasteiger partial charge on any atom is -0.494 e. The van der Waals surface area contributed by atoms with Crippen molar-refractivity contribution in [3.63, 3.8) is 0 Å². The van der Waals surface area contributed by atoms with Crippen LogP contribution in [0.1, 0.15) is 106 Å². The molecule has 45 heavy (non-hydrogen) atoms. The molecule has 0 aliphatic rings. The number of esters is 1. The van der Waals surface area contributed by atoms with Crippen LogP contribution in [0.4, 0.5) is 4.79 Å². The molecular weight excluding hydrogens is 578 g/mol. The monoisotopic (exact) mass is 635 g/mol. The molecular formula is C34H57N3O8. The van der Waals surface area contributed by atoms with Crippen LogP contribution in [0.3, 0.4) is 0 Å². The Labute approximate surface area is 269 Å². The van der Waals surface area contributed by atoms with Crippen LogP contribution in [-0.2, 0) is 30.3 Å². The predicted molar refractivity (Wildman–Crippen MR) is 174 cm³/mol. The maximum Gasteiger partial charge on any atom is 0.408 e. The molecule has 1 aromatic rings. The molecule has 11 heteroatoms. The van der Waals surface area contributed by atoms with E-state index in [9.17, 15) is 24.3 Å². The van der Waals surface area contributed by atoms with Gasteiger partial charge in [0.05, 0.1) is 18.8 Å². The number of ether oxygens (including phenoxy) is 3. The minimum absolute atomic E-state index is 0.130. The Hall–Kier alpha value is -3.34. The molecule has 0 saturated carbocycles. The molecule has 3 amide bonds. The summed E-state index contributed by atoms with van der Waals surface area (Å²) in [5, 5.41) is 19.5. The number of aliphatic hydroxyl groups is 1. The highest BCUT2D eigenvalue weighted by Crippen LogP contribution is 2.19. The second-order valence-corrected chi connectivity index (χ2v) is 13.6. The molecule has 0 aliphatic heterocycles.